The van der Waals surface area contributed by atoms with Crippen molar-refractivity contribution in [2.24, 2.45) is 10.8 Å². The Labute approximate surface area is 224 Å². The maximum absolute atomic E-state index is 13.5. The lowest BCUT2D eigenvalue weighted by molar-refractivity contribution is -0.385. The Morgan fingerprint density at radius 1 is 1.08 bits per heavy atom. The maximum Gasteiger partial charge on any atom is 0.273 e. The quantitative estimate of drug-likeness (QED) is 0.193. The van der Waals surface area contributed by atoms with Crippen LogP contribution in [0.3, 0.4) is 0 Å². The zero-order valence-corrected chi connectivity index (χ0v) is 21.8. The van der Waals surface area contributed by atoms with E-state index in [1.54, 1.807) is 24.3 Å². The van der Waals surface area contributed by atoms with Crippen LogP contribution in [0.2, 0.25) is 0 Å². The normalized spacial score (nSPS) is 11.1. The molecule has 0 fully saturated rings. The molecular formula is C25H25N5O8S. The zero-order chi connectivity index (χ0) is 28.6. The monoisotopic (exact) mass is 555 g/mol. The fourth-order valence-electron chi connectivity index (χ4n) is 3.29. The smallest absolute Gasteiger partial charge is 0.273 e. The van der Waals surface area contributed by atoms with E-state index >= 15 is 0 Å². The summed E-state index contributed by atoms with van der Waals surface area (Å²) in [5, 5.41) is 15.2. The predicted molar refractivity (Wildman–Crippen MR) is 142 cm³/mol. The molecule has 0 radical (unpaired) electrons. The molecule has 14 heteroatoms. The van der Waals surface area contributed by atoms with E-state index in [1.807, 2.05) is 0 Å². The van der Waals surface area contributed by atoms with Crippen molar-refractivity contribution in [2.75, 3.05) is 24.6 Å². The van der Waals surface area contributed by atoms with Crippen molar-refractivity contribution >= 4 is 39.4 Å². The third-order valence-corrected chi connectivity index (χ3v) is 7.05. The number of carbonyl (C=O) groups excluding carboxylic acids is 2. The Morgan fingerprint density at radius 3 is 2.31 bits per heavy atom. The first-order valence-electron chi connectivity index (χ1n) is 11.3. The molecule has 0 saturated carbocycles. The molecule has 0 bridgehead atoms. The Kier molecular flexibility index (Phi) is 9.17. The van der Waals surface area contributed by atoms with Crippen LogP contribution in [0.4, 0.5) is 11.4 Å². The van der Waals surface area contributed by atoms with E-state index in [0.717, 1.165) is 10.4 Å². The summed E-state index contributed by atoms with van der Waals surface area (Å²) in [6.45, 7) is 0.545. The molecule has 0 aliphatic carbocycles. The van der Waals surface area contributed by atoms with Gasteiger partial charge in [-0.1, -0.05) is 6.07 Å². The summed E-state index contributed by atoms with van der Waals surface area (Å²) in [7, 11) is -2.96. The number of sulfonamides is 1. The number of hydrazone groups is 1. The lowest BCUT2D eigenvalue weighted by Gasteiger charge is -2.24. The van der Waals surface area contributed by atoms with E-state index in [0.29, 0.717) is 17.1 Å². The van der Waals surface area contributed by atoms with Crippen LogP contribution in [-0.4, -0.2) is 51.6 Å². The van der Waals surface area contributed by atoms with E-state index in [9.17, 15) is 28.1 Å². The zero-order valence-electron chi connectivity index (χ0n) is 20.9. The van der Waals surface area contributed by atoms with E-state index in [1.165, 1.54) is 56.6 Å². The minimum absolute atomic E-state index is 0.129. The lowest BCUT2D eigenvalue weighted by atomic mass is 10.2. The number of benzene rings is 3. The van der Waals surface area contributed by atoms with Gasteiger partial charge in [-0.3, -0.25) is 24.0 Å². The fraction of sp³-hybridized carbons (Fsp3) is 0.160. The summed E-state index contributed by atoms with van der Waals surface area (Å²) in [5.74, 6) is -0.517. The van der Waals surface area contributed by atoms with Crippen molar-refractivity contribution in [1.82, 2.24) is 5.43 Å². The fourth-order valence-corrected chi connectivity index (χ4v) is 4.73. The largest absolute Gasteiger partial charge is 0.497 e. The van der Waals surface area contributed by atoms with Gasteiger partial charge in [-0.15, -0.1) is 0 Å². The number of anilines is 1. The number of aryl methyl sites for hydroxylation is 1. The first-order chi connectivity index (χ1) is 18.5. The van der Waals surface area contributed by atoms with E-state index in [-0.39, 0.29) is 28.4 Å². The van der Waals surface area contributed by atoms with Crippen LogP contribution in [0.5, 0.6) is 11.5 Å². The van der Waals surface area contributed by atoms with Gasteiger partial charge in [0.05, 0.1) is 28.8 Å². The molecule has 2 amide bonds. The van der Waals surface area contributed by atoms with Gasteiger partial charge in [-0.2, -0.15) is 5.10 Å². The average Bonchev–Trinajstić information content (AvgIpc) is 2.91. The number of primary amides is 1. The van der Waals surface area contributed by atoms with Crippen LogP contribution in [0.25, 0.3) is 0 Å². The molecule has 0 aliphatic heterocycles. The summed E-state index contributed by atoms with van der Waals surface area (Å²) in [5.41, 5.74) is 7.93. The molecule has 0 aromatic heterocycles. The van der Waals surface area contributed by atoms with Gasteiger partial charge in [-0.25, -0.2) is 13.8 Å². The van der Waals surface area contributed by atoms with Gasteiger partial charge in [-0.05, 0) is 67.1 Å². The van der Waals surface area contributed by atoms with Crippen LogP contribution >= 0.6 is 0 Å². The van der Waals surface area contributed by atoms with Gasteiger partial charge in [0.15, 0.2) is 6.61 Å². The number of hydrogen-bond donors (Lipinski definition) is 2. The van der Waals surface area contributed by atoms with E-state index in [2.05, 4.69) is 10.5 Å². The van der Waals surface area contributed by atoms with Gasteiger partial charge in [0.1, 0.15) is 18.0 Å². The Morgan fingerprint density at radius 2 is 1.72 bits per heavy atom. The highest BCUT2D eigenvalue weighted by molar-refractivity contribution is 7.92. The number of methoxy groups -OCH3 is 1. The molecule has 39 heavy (non-hydrogen) atoms. The summed E-state index contributed by atoms with van der Waals surface area (Å²) in [4.78, 5) is 33.9. The van der Waals surface area contributed by atoms with Gasteiger partial charge >= 0.3 is 0 Å². The average molecular weight is 556 g/mol. The number of amides is 2. The summed E-state index contributed by atoms with van der Waals surface area (Å²) in [6, 6.07) is 15.8. The standard InChI is InChI=1S/C25H25N5O8S/c1-17-3-12-22(13-23(17)30(33)34)39(35,36)29(19-6-10-20(37-2)11-7-19)15-25(32)28-27-14-18-4-8-21(9-5-18)38-16-24(26)31/h3-14H,15-16H2,1-2H3,(H2,26,31)(H,28,32)/b27-14-. The number of nitro benzene ring substituents is 1. The molecule has 204 valence electrons. The van der Waals surface area contributed by atoms with Crippen LogP contribution in [0.1, 0.15) is 11.1 Å². The molecule has 13 nitrogen and oxygen atoms in total. The van der Waals surface area contributed by atoms with Crippen LogP contribution < -0.4 is 24.9 Å². The second-order valence-electron chi connectivity index (χ2n) is 8.03. The Hall–Kier alpha value is -4.98. The molecular weight excluding hydrogens is 530 g/mol. The second-order valence-corrected chi connectivity index (χ2v) is 9.89. The third kappa shape index (κ3) is 7.52. The summed E-state index contributed by atoms with van der Waals surface area (Å²) >= 11 is 0. The Bertz CT molecular complexity index is 1490. The topological polar surface area (TPSA) is 184 Å². The minimum atomic E-state index is -4.41. The number of nitrogens with two attached hydrogens (primary N) is 1. The van der Waals surface area contributed by atoms with Crippen molar-refractivity contribution in [3.63, 3.8) is 0 Å². The van der Waals surface area contributed by atoms with Gasteiger partial charge in [0.2, 0.25) is 0 Å². The van der Waals surface area contributed by atoms with Crippen LogP contribution in [0, 0.1) is 17.0 Å². The summed E-state index contributed by atoms with van der Waals surface area (Å²) in [6.07, 6.45) is 1.32. The minimum Gasteiger partial charge on any atom is -0.497 e. The number of nitro groups is 1. The van der Waals surface area contributed by atoms with Crippen molar-refractivity contribution in [3.8, 4) is 11.5 Å². The van der Waals surface area contributed by atoms with Crippen LogP contribution in [-0.2, 0) is 19.6 Å². The first kappa shape index (κ1) is 28.6. The van der Waals surface area contributed by atoms with Crippen LogP contribution in [0.15, 0.2) is 76.7 Å². The predicted octanol–water partition coefficient (Wildman–Crippen LogP) is 2.12. The Balaban J connectivity index is 1.82. The van der Waals surface area contributed by atoms with E-state index < -0.39 is 33.3 Å². The summed E-state index contributed by atoms with van der Waals surface area (Å²) < 4.78 is 38.2. The van der Waals surface area contributed by atoms with Gasteiger partial charge in [0, 0.05) is 11.6 Å². The molecule has 3 N–H and O–H groups in total. The second kappa shape index (κ2) is 12.5. The molecule has 0 saturated heterocycles. The molecule has 0 spiro atoms. The number of nitrogens with one attached hydrogen (secondary N) is 1. The SMILES string of the molecule is COc1ccc(N(CC(=O)N/N=C\c2ccc(OCC(N)=O)cc2)S(=O)(=O)c2ccc(C)c([N+](=O)[O-])c2)cc1. The van der Waals surface area contributed by atoms with Crippen molar-refractivity contribution in [3.05, 3.63) is 88.0 Å². The molecule has 0 heterocycles. The lowest BCUT2D eigenvalue weighted by Crippen LogP contribution is -2.39. The molecule has 3 aromatic carbocycles. The number of rotatable bonds is 12. The molecule has 3 aromatic rings. The number of nitrogens with zero attached hydrogens (tertiary/aromatic N) is 3. The highest BCUT2D eigenvalue weighted by atomic mass is 32.2. The molecule has 0 aliphatic rings. The van der Waals surface area contributed by atoms with Gasteiger partial charge < -0.3 is 15.2 Å². The maximum atomic E-state index is 13.5. The highest BCUT2D eigenvalue weighted by Crippen LogP contribution is 2.29. The number of ether oxygens (including phenoxy) is 2. The van der Waals surface area contributed by atoms with Crippen molar-refractivity contribution in [2.45, 2.75) is 11.8 Å². The number of hydrogen-bond acceptors (Lipinski definition) is 9. The van der Waals surface area contributed by atoms with Crippen molar-refractivity contribution in [1.29, 1.82) is 0 Å². The van der Waals surface area contributed by atoms with Gasteiger partial charge in [0.25, 0.3) is 27.5 Å². The third-order valence-electron chi connectivity index (χ3n) is 5.28. The first-order valence-corrected chi connectivity index (χ1v) is 12.7. The highest BCUT2D eigenvalue weighted by Gasteiger charge is 2.29. The molecule has 0 unspecified atom stereocenters. The van der Waals surface area contributed by atoms with E-state index in [4.69, 9.17) is 15.2 Å². The molecule has 3 rings (SSSR count). The molecule has 0 atom stereocenters. The number of carbonyl (C=O) groups is 2. The van der Waals surface area contributed by atoms with Crippen molar-refractivity contribution < 1.29 is 32.4 Å².